The fourth-order valence-corrected chi connectivity index (χ4v) is 2.44. The maximum Gasteiger partial charge on any atom is 0.308 e. The van der Waals surface area contributed by atoms with Crippen molar-refractivity contribution in [1.82, 2.24) is 0 Å². The number of esters is 1. The van der Waals surface area contributed by atoms with E-state index in [9.17, 15) is 9.18 Å². The summed E-state index contributed by atoms with van der Waals surface area (Å²) in [7, 11) is 4.39. The van der Waals surface area contributed by atoms with Gasteiger partial charge in [-0.1, -0.05) is 0 Å². The van der Waals surface area contributed by atoms with Crippen molar-refractivity contribution in [2.75, 3.05) is 21.3 Å². The van der Waals surface area contributed by atoms with Crippen molar-refractivity contribution in [2.45, 2.75) is 19.3 Å². The standard InChI is InChI=1S/C15H19FO4/c1-18-13-7-10(12(16)8-14(13)19-2)5-4-9-6-11(9)15(17)20-3/h7-9,11H,4-6H2,1-3H3. The monoisotopic (exact) mass is 282 g/mol. The first-order valence-electron chi connectivity index (χ1n) is 6.59. The molecule has 110 valence electrons. The van der Waals surface area contributed by atoms with Crippen LogP contribution in [0.1, 0.15) is 18.4 Å². The van der Waals surface area contributed by atoms with Crippen LogP contribution >= 0.6 is 0 Å². The first kappa shape index (κ1) is 14.6. The highest BCUT2D eigenvalue weighted by molar-refractivity contribution is 5.75. The third-order valence-corrected chi connectivity index (χ3v) is 3.76. The summed E-state index contributed by atoms with van der Waals surface area (Å²) in [5.41, 5.74) is 0.582. The predicted octanol–water partition coefficient (Wildman–Crippen LogP) is 2.58. The number of carbonyl (C=O) groups excluding carboxylic acids is 1. The molecule has 2 atom stereocenters. The fraction of sp³-hybridized carbons (Fsp3) is 0.533. The normalized spacial score (nSPS) is 20.4. The molecule has 1 aromatic carbocycles. The summed E-state index contributed by atoms with van der Waals surface area (Å²) in [5, 5.41) is 0. The number of halogens is 1. The SMILES string of the molecule is COC(=O)C1CC1CCc1cc(OC)c(OC)cc1F. The van der Waals surface area contributed by atoms with Gasteiger partial charge in [-0.2, -0.15) is 0 Å². The Kier molecular flexibility index (Phi) is 4.47. The van der Waals surface area contributed by atoms with Crippen LogP contribution in [0.5, 0.6) is 11.5 Å². The minimum Gasteiger partial charge on any atom is -0.493 e. The third-order valence-electron chi connectivity index (χ3n) is 3.76. The van der Waals surface area contributed by atoms with Gasteiger partial charge in [-0.15, -0.1) is 0 Å². The van der Waals surface area contributed by atoms with Crippen molar-refractivity contribution < 1.29 is 23.4 Å². The zero-order chi connectivity index (χ0) is 14.7. The summed E-state index contributed by atoms with van der Waals surface area (Å²) in [5.74, 6) is 0.718. The first-order valence-corrected chi connectivity index (χ1v) is 6.59. The smallest absolute Gasteiger partial charge is 0.308 e. The molecule has 1 aliphatic rings. The van der Waals surface area contributed by atoms with Crippen LogP contribution in [0.4, 0.5) is 4.39 Å². The lowest BCUT2D eigenvalue weighted by Gasteiger charge is -2.10. The van der Waals surface area contributed by atoms with Crippen LogP contribution in [-0.2, 0) is 16.0 Å². The number of ether oxygens (including phenoxy) is 3. The Morgan fingerprint density at radius 2 is 1.90 bits per heavy atom. The van der Waals surface area contributed by atoms with Gasteiger partial charge >= 0.3 is 5.97 Å². The van der Waals surface area contributed by atoms with Crippen molar-refractivity contribution in [2.24, 2.45) is 11.8 Å². The Morgan fingerprint density at radius 1 is 1.25 bits per heavy atom. The summed E-state index contributed by atoms with van der Waals surface area (Å²) >= 11 is 0. The molecule has 0 aromatic heterocycles. The number of hydrogen-bond donors (Lipinski definition) is 0. The second-order valence-corrected chi connectivity index (χ2v) is 4.96. The fourth-order valence-electron chi connectivity index (χ4n) is 2.44. The van der Waals surface area contributed by atoms with Gasteiger partial charge in [0.25, 0.3) is 0 Å². The molecular formula is C15H19FO4. The van der Waals surface area contributed by atoms with E-state index >= 15 is 0 Å². The average molecular weight is 282 g/mol. The summed E-state index contributed by atoms with van der Waals surface area (Å²) in [6.07, 6.45) is 2.18. The average Bonchev–Trinajstić information content (AvgIpc) is 3.24. The number of benzene rings is 1. The second kappa shape index (κ2) is 6.11. The molecule has 2 rings (SSSR count). The molecule has 0 amide bonds. The Labute approximate surface area is 117 Å². The van der Waals surface area contributed by atoms with Gasteiger partial charge in [-0.05, 0) is 36.8 Å². The Morgan fingerprint density at radius 3 is 2.50 bits per heavy atom. The van der Waals surface area contributed by atoms with Crippen LogP contribution in [0.15, 0.2) is 12.1 Å². The lowest BCUT2D eigenvalue weighted by molar-refractivity contribution is -0.142. The molecule has 20 heavy (non-hydrogen) atoms. The van der Waals surface area contributed by atoms with Crippen molar-refractivity contribution in [3.63, 3.8) is 0 Å². The van der Waals surface area contributed by atoms with E-state index < -0.39 is 0 Å². The van der Waals surface area contributed by atoms with E-state index in [0.717, 1.165) is 12.8 Å². The van der Waals surface area contributed by atoms with Crippen molar-refractivity contribution in [3.8, 4) is 11.5 Å². The molecule has 1 fully saturated rings. The minimum atomic E-state index is -0.307. The molecule has 0 spiro atoms. The largest absolute Gasteiger partial charge is 0.493 e. The van der Waals surface area contributed by atoms with Gasteiger partial charge in [-0.25, -0.2) is 4.39 Å². The first-order chi connectivity index (χ1) is 9.60. The molecule has 1 saturated carbocycles. The molecule has 0 N–H and O–H groups in total. The third kappa shape index (κ3) is 3.03. The molecule has 5 heteroatoms. The van der Waals surface area contributed by atoms with E-state index in [-0.39, 0.29) is 17.7 Å². The zero-order valence-electron chi connectivity index (χ0n) is 11.9. The zero-order valence-corrected chi connectivity index (χ0v) is 11.9. The van der Waals surface area contributed by atoms with E-state index in [1.165, 1.54) is 27.4 Å². The van der Waals surface area contributed by atoms with Crippen LogP contribution in [0, 0.1) is 17.7 Å². The molecule has 1 aromatic rings. The molecule has 0 saturated heterocycles. The molecule has 0 aliphatic heterocycles. The van der Waals surface area contributed by atoms with Gasteiger partial charge < -0.3 is 14.2 Å². The quantitative estimate of drug-likeness (QED) is 0.752. The maximum absolute atomic E-state index is 13.9. The number of carbonyl (C=O) groups is 1. The molecule has 0 bridgehead atoms. The number of rotatable bonds is 6. The van der Waals surface area contributed by atoms with Crippen LogP contribution < -0.4 is 9.47 Å². The lowest BCUT2D eigenvalue weighted by Crippen LogP contribution is -2.05. The van der Waals surface area contributed by atoms with Crippen LogP contribution in [0.25, 0.3) is 0 Å². The maximum atomic E-state index is 13.9. The van der Waals surface area contributed by atoms with Gasteiger partial charge in [0.05, 0.1) is 27.2 Å². The molecule has 4 nitrogen and oxygen atoms in total. The van der Waals surface area contributed by atoms with Crippen molar-refractivity contribution in [3.05, 3.63) is 23.5 Å². The van der Waals surface area contributed by atoms with Gasteiger partial charge in [-0.3, -0.25) is 4.79 Å². The van der Waals surface area contributed by atoms with Crippen molar-refractivity contribution in [1.29, 1.82) is 0 Å². The lowest BCUT2D eigenvalue weighted by atomic mass is 10.1. The summed E-state index contributed by atoms with van der Waals surface area (Å²) < 4.78 is 28.8. The van der Waals surface area contributed by atoms with E-state index in [0.29, 0.717) is 29.4 Å². The molecular weight excluding hydrogens is 263 g/mol. The second-order valence-electron chi connectivity index (χ2n) is 4.96. The molecule has 0 radical (unpaired) electrons. The van der Waals surface area contributed by atoms with E-state index in [1.807, 2.05) is 0 Å². The predicted molar refractivity (Wildman–Crippen MR) is 71.4 cm³/mol. The number of methoxy groups -OCH3 is 3. The molecule has 0 heterocycles. The molecule has 2 unspecified atom stereocenters. The van der Waals surface area contributed by atoms with Crippen LogP contribution in [0.3, 0.4) is 0 Å². The van der Waals surface area contributed by atoms with E-state index in [2.05, 4.69) is 0 Å². The van der Waals surface area contributed by atoms with E-state index in [1.54, 1.807) is 6.07 Å². The van der Waals surface area contributed by atoms with Gasteiger partial charge in [0, 0.05) is 6.07 Å². The Hall–Kier alpha value is -1.78. The van der Waals surface area contributed by atoms with Gasteiger partial charge in [0.15, 0.2) is 11.5 Å². The topological polar surface area (TPSA) is 44.8 Å². The number of aryl methyl sites for hydroxylation is 1. The summed E-state index contributed by atoms with van der Waals surface area (Å²) in [6.45, 7) is 0. The highest BCUT2D eigenvalue weighted by Crippen LogP contribution is 2.43. The van der Waals surface area contributed by atoms with Crippen LogP contribution in [0.2, 0.25) is 0 Å². The van der Waals surface area contributed by atoms with Gasteiger partial charge in [0.1, 0.15) is 5.82 Å². The summed E-state index contributed by atoms with van der Waals surface area (Å²) in [6, 6.07) is 2.99. The Balaban J connectivity index is 1.98. The van der Waals surface area contributed by atoms with E-state index in [4.69, 9.17) is 14.2 Å². The highest BCUT2D eigenvalue weighted by atomic mass is 19.1. The summed E-state index contributed by atoms with van der Waals surface area (Å²) in [4.78, 5) is 11.3. The molecule has 1 aliphatic carbocycles. The Bertz CT molecular complexity index is 501. The van der Waals surface area contributed by atoms with Gasteiger partial charge in [0.2, 0.25) is 0 Å². The highest BCUT2D eigenvalue weighted by Gasteiger charge is 2.43. The van der Waals surface area contributed by atoms with Crippen molar-refractivity contribution >= 4 is 5.97 Å². The van der Waals surface area contributed by atoms with Crippen LogP contribution in [-0.4, -0.2) is 27.3 Å². The minimum absolute atomic E-state index is 0.0109. The number of hydrogen-bond acceptors (Lipinski definition) is 4.